The van der Waals surface area contributed by atoms with Crippen LogP contribution in [0.1, 0.15) is 55.8 Å². The van der Waals surface area contributed by atoms with E-state index in [-0.39, 0.29) is 24.0 Å². The Morgan fingerprint density at radius 2 is 1.69 bits per heavy atom. The monoisotopic (exact) mass is 593 g/mol. The zero-order valence-electron chi connectivity index (χ0n) is 24.1. The molecule has 0 saturated carbocycles. The molecular weight excluding hydrogens is 558 g/mol. The molecule has 2 aromatic carbocycles. The largest absolute Gasteiger partial charge is 0.480 e. The van der Waals surface area contributed by atoms with Gasteiger partial charge >= 0.3 is 5.97 Å². The predicted octanol–water partition coefficient (Wildman–Crippen LogP) is 4.83. The lowest BCUT2D eigenvalue weighted by Gasteiger charge is -2.34. The fourth-order valence-corrected chi connectivity index (χ4v) is 6.41. The first kappa shape index (κ1) is 30.7. The molecule has 1 aromatic heterocycles. The second kappa shape index (κ2) is 11.9. The van der Waals surface area contributed by atoms with Gasteiger partial charge in [-0.1, -0.05) is 76.2 Å². The van der Waals surface area contributed by atoms with E-state index in [0.717, 1.165) is 11.1 Å². The van der Waals surface area contributed by atoms with Crippen molar-refractivity contribution in [2.24, 2.45) is 11.8 Å². The smallest absolute Gasteiger partial charge is 0.321 e. The van der Waals surface area contributed by atoms with Crippen LogP contribution in [-0.2, 0) is 19.6 Å². The lowest BCUT2D eigenvalue weighted by atomic mass is 9.96. The number of carbonyl (C=O) groups excluding carboxylic acids is 2. The van der Waals surface area contributed by atoms with Crippen molar-refractivity contribution in [2.45, 2.75) is 52.0 Å². The molecule has 1 heterocycles. The molecule has 0 radical (unpaired) electrons. The number of benzene rings is 2. The van der Waals surface area contributed by atoms with E-state index in [2.05, 4.69) is 15.4 Å². The van der Waals surface area contributed by atoms with Gasteiger partial charge in [0.05, 0.1) is 5.69 Å². The van der Waals surface area contributed by atoms with Gasteiger partial charge in [0.1, 0.15) is 11.6 Å². The quantitative estimate of drug-likeness (QED) is 0.262. The van der Waals surface area contributed by atoms with Crippen molar-refractivity contribution < 1.29 is 32.3 Å². The number of hydrogen-bond acceptors (Lipinski definition) is 6. The molecule has 0 aliphatic heterocycles. The Kier molecular flexibility index (Phi) is 8.74. The maximum Gasteiger partial charge on any atom is 0.321 e. The fourth-order valence-electron chi connectivity index (χ4n) is 4.72. The highest BCUT2D eigenvalue weighted by Crippen LogP contribution is 2.35. The van der Waals surface area contributed by atoms with E-state index in [1.807, 2.05) is 30.3 Å². The summed E-state index contributed by atoms with van der Waals surface area (Å²) in [5.41, 5.74) is 2.82. The Morgan fingerprint density at radius 3 is 2.26 bits per heavy atom. The zero-order valence-corrected chi connectivity index (χ0v) is 24.9. The van der Waals surface area contributed by atoms with Gasteiger partial charge in [-0.05, 0) is 42.2 Å². The van der Waals surface area contributed by atoms with Crippen molar-refractivity contribution in [1.29, 1.82) is 0 Å². The van der Waals surface area contributed by atoms with Gasteiger partial charge in [0, 0.05) is 23.3 Å². The van der Waals surface area contributed by atoms with Crippen LogP contribution in [0, 0.1) is 18.8 Å². The van der Waals surface area contributed by atoms with Gasteiger partial charge in [-0.15, -0.1) is 0 Å². The van der Waals surface area contributed by atoms with Crippen LogP contribution in [0.4, 0.5) is 5.69 Å². The van der Waals surface area contributed by atoms with E-state index in [4.69, 9.17) is 4.42 Å². The number of allylic oxidation sites excluding steroid dienone is 2. The number of anilines is 1. The molecule has 2 atom stereocenters. The number of sulfonamides is 1. The molecule has 42 heavy (non-hydrogen) atoms. The molecule has 0 saturated heterocycles. The lowest BCUT2D eigenvalue weighted by Crippen LogP contribution is -2.60. The first-order chi connectivity index (χ1) is 19.8. The number of amides is 2. The van der Waals surface area contributed by atoms with Crippen molar-refractivity contribution in [3.8, 4) is 0 Å². The van der Waals surface area contributed by atoms with Crippen LogP contribution in [0.3, 0.4) is 0 Å². The minimum absolute atomic E-state index is 0.129. The number of nitrogens with one attached hydrogen (secondary N) is 3. The maximum absolute atomic E-state index is 13.9. The van der Waals surface area contributed by atoms with E-state index in [1.54, 1.807) is 65.0 Å². The Labute approximate surface area is 244 Å². The minimum atomic E-state index is -4.51. The highest BCUT2D eigenvalue weighted by molar-refractivity contribution is 7.91. The summed E-state index contributed by atoms with van der Waals surface area (Å²) in [7, 11) is -4.51. The van der Waals surface area contributed by atoms with Crippen molar-refractivity contribution in [3.63, 3.8) is 0 Å². The Bertz CT molecular complexity index is 1690. The number of carbonyl (C=O) groups is 3. The molecule has 1 aliphatic carbocycles. The number of furan rings is 1. The van der Waals surface area contributed by atoms with Crippen molar-refractivity contribution in [2.75, 3.05) is 5.32 Å². The normalized spacial score (nSPS) is 17.7. The van der Waals surface area contributed by atoms with Crippen LogP contribution in [-0.4, -0.2) is 42.2 Å². The van der Waals surface area contributed by atoms with Crippen LogP contribution in [0.15, 0.2) is 71.2 Å². The van der Waals surface area contributed by atoms with Crippen molar-refractivity contribution in [1.82, 2.24) is 10.0 Å². The van der Waals surface area contributed by atoms with Gasteiger partial charge < -0.3 is 20.2 Å². The fraction of sp³-hybridized carbons (Fsp3) is 0.323. The van der Waals surface area contributed by atoms with Crippen LogP contribution in [0.5, 0.6) is 0 Å². The van der Waals surface area contributed by atoms with Crippen LogP contribution in [0.2, 0.25) is 0 Å². The summed E-state index contributed by atoms with van der Waals surface area (Å²) in [6.07, 6.45) is 4.47. The second-order valence-corrected chi connectivity index (χ2v) is 12.9. The first-order valence-electron chi connectivity index (χ1n) is 13.6. The third-order valence-corrected chi connectivity index (χ3v) is 9.15. The van der Waals surface area contributed by atoms with Gasteiger partial charge in [0.25, 0.3) is 5.91 Å². The molecule has 1 aliphatic rings. The number of fused-ring (bicyclic) bond motifs is 1. The molecule has 4 N–H and O–H groups in total. The third kappa shape index (κ3) is 6.02. The third-order valence-electron chi connectivity index (χ3n) is 7.23. The molecule has 222 valence electrons. The summed E-state index contributed by atoms with van der Waals surface area (Å²) in [5, 5.41) is 15.7. The maximum atomic E-state index is 13.9. The summed E-state index contributed by atoms with van der Waals surface area (Å²) in [6, 6.07) is 12.9. The Morgan fingerprint density at radius 1 is 1.00 bits per heavy atom. The average Bonchev–Trinajstić information content (AvgIpc) is 3.29. The highest BCUT2D eigenvalue weighted by Gasteiger charge is 2.46. The predicted molar refractivity (Wildman–Crippen MR) is 161 cm³/mol. The topological polar surface area (TPSA) is 155 Å². The second-order valence-electron chi connectivity index (χ2n) is 11.0. The van der Waals surface area contributed by atoms with Crippen LogP contribution >= 0.6 is 0 Å². The van der Waals surface area contributed by atoms with E-state index in [9.17, 15) is 27.9 Å². The number of hydrogen-bond donors (Lipinski definition) is 4. The van der Waals surface area contributed by atoms with Crippen molar-refractivity contribution >= 4 is 50.0 Å². The minimum Gasteiger partial charge on any atom is -0.480 e. The molecule has 0 bridgehead atoms. The summed E-state index contributed by atoms with van der Waals surface area (Å²) in [6.45, 7) is 8.34. The lowest BCUT2D eigenvalue weighted by molar-refractivity contribution is -0.140. The summed E-state index contributed by atoms with van der Waals surface area (Å²) in [4.78, 5) is 36.0. The molecule has 2 amide bonds. The van der Waals surface area contributed by atoms with Gasteiger partial charge in [-0.2, -0.15) is 4.72 Å². The molecule has 4 rings (SSSR count). The van der Waals surface area contributed by atoms with Gasteiger partial charge in [-0.25, -0.2) is 8.42 Å². The number of aliphatic carboxylic acids is 1. The van der Waals surface area contributed by atoms with E-state index < -0.39 is 38.7 Å². The molecule has 3 aromatic rings. The van der Waals surface area contributed by atoms with Gasteiger partial charge in [0.15, 0.2) is 10.6 Å². The van der Waals surface area contributed by atoms with Gasteiger partial charge in [-0.3, -0.25) is 14.4 Å². The van der Waals surface area contributed by atoms with Crippen molar-refractivity contribution in [3.05, 3.63) is 83.6 Å². The summed E-state index contributed by atoms with van der Waals surface area (Å²) < 4.78 is 35.9. The van der Waals surface area contributed by atoms with E-state index in [1.165, 1.54) is 6.08 Å². The summed E-state index contributed by atoms with van der Waals surface area (Å²) in [5.74, 6) is -3.33. The number of aryl methyl sites for hydroxylation is 1. The van der Waals surface area contributed by atoms with Crippen LogP contribution in [0.25, 0.3) is 16.5 Å². The number of carboxylic acid groups (broad SMARTS) is 1. The van der Waals surface area contributed by atoms with E-state index in [0.29, 0.717) is 22.2 Å². The highest BCUT2D eigenvalue weighted by atomic mass is 32.2. The zero-order chi connectivity index (χ0) is 30.8. The molecule has 10 nitrogen and oxygen atoms in total. The standard InChI is InChI=1S/C31H35N3O7S/c1-18(2)26(30(37)38)34-42(39,40)31(16-14-22(15-17-31)21-10-7-6-8-11-21)33-29(36)27-20(5)25-23(32-28(35)19(3)4)12-9-13-24(25)41-27/h6-16,18-19,26,34H,17H2,1-5H3,(H,32,35)(H,33,36)(H,37,38)/t26-,31?/m0/s1. The SMILES string of the molecule is Cc1c(C(=O)NC2(S(=O)(=O)N[C@H](C(=O)O)C(C)C)C=CC(c3ccccc3)=CC2)oc2cccc(NC(=O)C(C)C)c12. The Balaban J connectivity index is 1.75. The Hall–Kier alpha value is -4.22. The number of rotatable bonds is 10. The molecule has 0 spiro atoms. The van der Waals surface area contributed by atoms with Crippen LogP contribution < -0.4 is 15.4 Å². The molecule has 1 unspecified atom stereocenters. The van der Waals surface area contributed by atoms with Gasteiger partial charge in [0.2, 0.25) is 15.9 Å². The summed E-state index contributed by atoms with van der Waals surface area (Å²) >= 11 is 0. The average molecular weight is 594 g/mol. The first-order valence-corrected chi connectivity index (χ1v) is 15.1. The molecule has 0 fully saturated rings. The number of carboxylic acids is 1. The molecule has 11 heteroatoms. The molecular formula is C31H35N3O7S. The van der Waals surface area contributed by atoms with E-state index >= 15 is 0 Å².